The van der Waals surface area contributed by atoms with Crippen LogP contribution in [0.2, 0.25) is 0 Å². The lowest BCUT2D eigenvalue weighted by Crippen LogP contribution is -2.38. The molecule has 0 radical (unpaired) electrons. The Kier molecular flexibility index (Phi) is 5.29. The molecular weight excluding hydrogens is 246 g/mol. The number of aromatic nitrogens is 2. The van der Waals surface area contributed by atoms with E-state index in [-0.39, 0.29) is 18.4 Å². The number of hydrogen-bond acceptors (Lipinski definition) is 3. The van der Waals surface area contributed by atoms with E-state index in [9.17, 15) is 9.59 Å². The van der Waals surface area contributed by atoms with Gasteiger partial charge in [-0.1, -0.05) is 0 Å². The molecule has 1 aromatic heterocycles. The van der Waals surface area contributed by atoms with Gasteiger partial charge >= 0.3 is 5.97 Å². The summed E-state index contributed by atoms with van der Waals surface area (Å²) in [4.78, 5) is 24.2. The minimum Gasteiger partial charge on any atom is -0.481 e. The highest BCUT2D eigenvalue weighted by Crippen LogP contribution is 2.07. The number of carboxylic acid groups (broad SMARTS) is 1. The van der Waals surface area contributed by atoms with Crippen molar-refractivity contribution in [2.75, 3.05) is 6.54 Å². The Morgan fingerprint density at radius 2 is 2.26 bits per heavy atom. The maximum absolute atomic E-state index is 12.0. The molecule has 0 fully saturated rings. The van der Waals surface area contributed by atoms with Crippen molar-refractivity contribution in [1.82, 2.24) is 14.7 Å². The van der Waals surface area contributed by atoms with Crippen molar-refractivity contribution in [1.29, 1.82) is 0 Å². The van der Waals surface area contributed by atoms with Crippen LogP contribution in [0.1, 0.15) is 26.0 Å². The quantitative estimate of drug-likeness (QED) is 0.783. The van der Waals surface area contributed by atoms with Gasteiger partial charge in [0.1, 0.15) is 0 Å². The van der Waals surface area contributed by atoms with Gasteiger partial charge in [0.15, 0.2) is 0 Å². The van der Waals surface area contributed by atoms with E-state index in [0.717, 1.165) is 5.69 Å². The van der Waals surface area contributed by atoms with E-state index in [1.165, 1.54) is 11.0 Å². The van der Waals surface area contributed by atoms with Gasteiger partial charge in [-0.25, -0.2) is 0 Å². The van der Waals surface area contributed by atoms with Crippen molar-refractivity contribution in [2.45, 2.75) is 26.3 Å². The van der Waals surface area contributed by atoms with E-state index >= 15 is 0 Å². The highest BCUT2D eigenvalue weighted by atomic mass is 16.4. The molecular formula is C13H19N3O3. The predicted octanol–water partition coefficient (Wildman–Crippen LogP) is 1.15. The highest BCUT2D eigenvalue weighted by Gasteiger charge is 2.18. The van der Waals surface area contributed by atoms with Gasteiger partial charge in [-0.2, -0.15) is 5.10 Å². The lowest BCUT2D eigenvalue weighted by Gasteiger charge is -2.25. The molecule has 1 atom stereocenters. The summed E-state index contributed by atoms with van der Waals surface area (Å²) in [6, 6.07) is 1.46. The SMILES string of the molecule is CCN(C(=O)C=Cc1ccnn1C)C(C)CC(=O)O. The molecule has 0 aromatic carbocycles. The molecule has 1 aromatic rings. The van der Waals surface area contributed by atoms with Gasteiger partial charge in [0, 0.05) is 31.9 Å². The average Bonchev–Trinajstić information content (AvgIpc) is 2.72. The molecule has 19 heavy (non-hydrogen) atoms. The lowest BCUT2D eigenvalue weighted by molar-refractivity contribution is -0.139. The van der Waals surface area contributed by atoms with Gasteiger partial charge in [-0.15, -0.1) is 0 Å². The standard InChI is InChI=1S/C13H19N3O3/c1-4-16(10(2)9-13(18)19)12(17)6-5-11-7-8-14-15(11)3/h5-8,10H,4,9H2,1-3H3,(H,18,19). The number of aliphatic carboxylic acids is 1. The van der Waals surface area contributed by atoms with E-state index in [0.29, 0.717) is 6.54 Å². The second-order valence-electron chi connectivity index (χ2n) is 4.28. The summed E-state index contributed by atoms with van der Waals surface area (Å²) in [7, 11) is 1.79. The smallest absolute Gasteiger partial charge is 0.305 e. The molecule has 1 rings (SSSR count). The zero-order valence-corrected chi connectivity index (χ0v) is 11.4. The summed E-state index contributed by atoms with van der Waals surface area (Å²) >= 11 is 0. The third-order valence-corrected chi connectivity index (χ3v) is 2.88. The van der Waals surface area contributed by atoms with Crippen LogP contribution in [-0.4, -0.2) is 44.3 Å². The molecule has 0 aliphatic carbocycles. The number of likely N-dealkylation sites (N-methyl/N-ethyl adjacent to an activating group) is 1. The molecule has 0 saturated carbocycles. The number of amides is 1. The average molecular weight is 265 g/mol. The number of nitrogens with zero attached hydrogens (tertiary/aromatic N) is 3. The molecule has 1 amide bonds. The van der Waals surface area contributed by atoms with Crippen LogP contribution >= 0.6 is 0 Å². The van der Waals surface area contributed by atoms with Crippen LogP contribution in [-0.2, 0) is 16.6 Å². The summed E-state index contributed by atoms with van der Waals surface area (Å²) in [5.41, 5.74) is 0.815. The van der Waals surface area contributed by atoms with E-state index in [4.69, 9.17) is 5.11 Å². The van der Waals surface area contributed by atoms with Crippen molar-refractivity contribution in [3.63, 3.8) is 0 Å². The fraction of sp³-hybridized carbons (Fsp3) is 0.462. The van der Waals surface area contributed by atoms with Crippen LogP contribution in [0.25, 0.3) is 6.08 Å². The highest BCUT2D eigenvalue weighted by molar-refractivity contribution is 5.92. The summed E-state index contributed by atoms with van der Waals surface area (Å²) in [6.07, 6.45) is 4.71. The van der Waals surface area contributed by atoms with E-state index in [1.807, 2.05) is 6.92 Å². The van der Waals surface area contributed by atoms with Crippen molar-refractivity contribution in [3.8, 4) is 0 Å². The molecule has 1 unspecified atom stereocenters. The number of rotatable bonds is 6. The fourth-order valence-corrected chi connectivity index (χ4v) is 1.85. The first kappa shape index (κ1) is 14.9. The van der Waals surface area contributed by atoms with Crippen molar-refractivity contribution in [3.05, 3.63) is 24.0 Å². The molecule has 6 nitrogen and oxygen atoms in total. The zero-order chi connectivity index (χ0) is 14.4. The van der Waals surface area contributed by atoms with Crippen molar-refractivity contribution >= 4 is 18.0 Å². The van der Waals surface area contributed by atoms with Crippen LogP contribution in [0.4, 0.5) is 0 Å². The van der Waals surface area contributed by atoms with Crippen LogP contribution in [0, 0.1) is 0 Å². The van der Waals surface area contributed by atoms with Gasteiger partial charge in [0.25, 0.3) is 0 Å². The summed E-state index contributed by atoms with van der Waals surface area (Å²) in [5, 5.41) is 12.8. The first-order valence-electron chi connectivity index (χ1n) is 6.14. The monoisotopic (exact) mass is 265 g/mol. The maximum atomic E-state index is 12.0. The van der Waals surface area contributed by atoms with Gasteiger partial charge in [0.05, 0.1) is 12.1 Å². The topological polar surface area (TPSA) is 75.4 Å². The van der Waals surface area contributed by atoms with Crippen LogP contribution in [0.15, 0.2) is 18.3 Å². The van der Waals surface area contributed by atoms with Gasteiger partial charge < -0.3 is 10.0 Å². The Hall–Kier alpha value is -2.11. The number of hydrogen-bond donors (Lipinski definition) is 1. The van der Waals surface area contributed by atoms with E-state index < -0.39 is 5.97 Å². The molecule has 0 spiro atoms. The third kappa shape index (κ3) is 4.24. The first-order valence-corrected chi connectivity index (χ1v) is 6.14. The molecule has 104 valence electrons. The Balaban J connectivity index is 2.71. The molecule has 0 aliphatic heterocycles. The summed E-state index contributed by atoms with van der Waals surface area (Å²) in [6.45, 7) is 4.03. The van der Waals surface area contributed by atoms with E-state index in [1.54, 1.807) is 37.0 Å². The van der Waals surface area contributed by atoms with Crippen LogP contribution in [0.5, 0.6) is 0 Å². The summed E-state index contributed by atoms with van der Waals surface area (Å²) in [5.74, 6) is -1.10. The number of carbonyl (C=O) groups excluding carboxylic acids is 1. The van der Waals surface area contributed by atoms with Gasteiger partial charge in [-0.3, -0.25) is 14.3 Å². The molecule has 6 heteroatoms. The number of carbonyl (C=O) groups is 2. The van der Waals surface area contributed by atoms with Crippen LogP contribution < -0.4 is 0 Å². The van der Waals surface area contributed by atoms with Crippen molar-refractivity contribution in [2.24, 2.45) is 7.05 Å². The first-order chi connectivity index (χ1) is 8.95. The minimum atomic E-state index is -0.908. The lowest BCUT2D eigenvalue weighted by atomic mass is 10.2. The second kappa shape index (κ2) is 6.72. The largest absolute Gasteiger partial charge is 0.481 e. The Bertz CT molecular complexity index is 479. The predicted molar refractivity (Wildman–Crippen MR) is 71.3 cm³/mol. The molecule has 0 saturated heterocycles. The second-order valence-corrected chi connectivity index (χ2v) is 4.28. The van der Waals surface area contributed by atoms with Gasteiger partial charge in [-0.05, 0) is 26.0 Å². The summed E-state index contributed by atoms with van der Waals surface area (Å²) < 4.78 is 1.65. The van der Waals surface area contributed by atoms with E-state index in [2.05, 4.69) is 5.10 Å². The Morgan fingerprint density at radius 3 is 2.74 bits per heavy atom. The van der Waals surface area contributed by atoms with Crippen molar-refractivity contribution < 1.29 is 14.7 Å². The Morgan fingerprint density at radius 1 is 1.58 bits per heavy atom. The maximum Gasteiger partial charge on any atom is 0.305 e. The fourth-order valence-electron chi connectivity index (χ4n) is 1.85. The number of carboxylic acids is 1. The number of aryl methyl sites for hydroxylation is 1. The molecule has 1 N–H and O–H groups in total. The molecule has 1 heterocycles. The Labute approximate surface area is 112 Å². The molecule has 0 bridgehead atoms. The molecule has 0 aliphatic rings. The zero-order valence-electron chi connectivity index (χ0n) is 11.4. The van der Waals surface area contributed by atoms with Gasteiger partial charge in [0.2, 0.25) is 5.91 Å². The van der Waals surface area contributed by atoms with Crippen LogP contribution in [0.3, 0.4) is 0 Å². The minimum absolute atomic E-state index is 0.0564. The third-order valence-electron chi connectivity index (χ3n) is 2.88. The normalized spacial score (nSPS) is 12.6.